The van der Waals surface area contributed by atoms with Crippen LogP contribution in [0.2, 0.25) is 5.02 Å². The van der Waals surface area contributed by atoms with Crippen LogP contribution in [0.25, 0.3) is 6.08 Å². The number of nitrogens with one attached hydrogen (secondary N) is 1. The molecule has 1 saturated heterocycles. The molecule has 0 atom stereocenters. The number of benzene rings is 2. The predicted octanol–water partition coefficient (Wildman–Crippen LogP) is 3.52. The summed E-state index contributed by atoms with van der Waals surface area (Å²) in [5.41, 5.74) is 0.853. The molecule has 26 heavy (non-hydrogen) atoms. The van der Waals surface area contributed by atoms with E-state index in [9.17, 15) is 14.9 Å². The van der Waals surface area contributed by atoms with Crippen LogP contribution in [0.4, 0.5) is 11.4 Å². The van der Waals surface area contributed by atoms with Gasteiger partial charge < -0.3 is 10.1 Å². The third-order valence-corrected chi connectivity index (χ3v) is 4.32. The van der Waals surface area contributed by atoms with Crippen molar-refractivity contribution in [1.82, 2.24) is 5.32 Å². The predicted molar refractivity (Wildman–Crippen MR) is 102 cm³/mol. The Kier molecular flexibility index (Phi) is 4.88. The minimum absolute atomic E-state index is 0.129. The van der Waals surface area contributed by atoms with Crippen LogP contribution in [0.1, 0.15) is 5.56 Å². The summed E-state index contributed by atoms with van der Waals surface area (Å²) in [4.78, 5) is 24.5. The highest BCUT2D eigenvalue weighted by atomic mass is 35.5. The molecule has 7 nitrogen and oxygen atoms in total. The Hall–Kier alpha value is -2.97. The summed E-state index contributed by atoms with van der Waals surface area (Å²) in [6, 6.07) is 10.9. The molecule has 0 radical (unpaired) electrons. The molecular formula is C17H12ClN3O4S. The van der Waals surface area contributed by atoms with Crippen molar-refractivity contribution >= 4 is 52.3 Å². The molecule has 1 aliphatic heterocycles. The summed E-state index contributed by atoms with van der Waals surface area (Å²) >= 11 is 11.3. The van der Waals surface area contributed by atoms with E-state index < -0.39 is 10.8 Å². The van der Waals surface area contributed by atoms with Gasteiger partial charge in [0.1, 0.15) is 11.4 Å². The van der Waals surface area contributed by atoms with Crippen LogP contribution in [0, 0.1) is 10.1 Å². The minimum atomic E-state index is -0.534. The first kappa shape index (κ1) is 17.8. The highest BCUT2D eigenvalue weighted by Gasteiger charge is 2.33. The molecule has 9 heteroatoms. The Morgan fingerprint density at radius 1 is 1.31 bits per heavy atom. The number of carbonyl (C=O) groups excluding carboxylic acids is 1. The lowest BCUT2D eigenvalue weighted by molar-refractivity contribution is -0.384. The Morgan fingerprint density at radius 3 is 2.73 bits per heavy atom. The van der Waals surface area contributed by atoms with Crippen molar-refractivity contribution in [2.24, 2.45) is 0 Å². The van der Waals surface area contributed by atoms with Gasteiger partial charge in [0.2, 0.25) is 0 Å². The second-order valence-electron chi connectivity index (χ2n) is 5.26. The second kappa shape index (κ2) is 7.11. The molecule has 2 aromatic rings. The van der Waals surface area contributed by atoms with E-state index in [1.807, 2.05) is 0 Å². The van der Waals surface area contributed by atoms with Gasteiger partial charge in [-0.15, -0.1) is 0 Å². The molecule has 1 aliphatic rings. The first-order valence-corrected chi connectivity index (χ1v) is 8.15. The van der Waals surface area contributed by atoms with Gasteiger partial charge in [0.25, 0.3) is 11.6 Å². The monoisotopic (exact) mass is 389 g/mol. The van der Waals surface area contributed by atoms with E-state index in [1.165, 1.54) is 36.3 Å². The Balaban J connectivity index is 2.01. The first-order valence-electron chi connectivity index (χ1n) is 7.36. The maximum Gasteiger partial charge on any atom is 0.281 e. The fourth-order valence-corrected chi connectivity index (χ4v) is 2.94. The van der Waals surface area contributed by atoms with Gasteiger partial charge in [0.15, 0.2) is 5.11 Å². The van der Waals surface area contributed by atoms with Crippen LogP contribution in [0.5, 0.6) is 5.75 Å². The Labute approximate surface area is 159 Å². The smallest absolute Gasteiger partial charge is 0.281 e. The molecule has 0 unspecified atom stereocenters. The number of halogens is 1. The number of hydrogen-bond donors (Lipinski definition) is 1. The van der Waals surface area contributed by atoms with Gasteiger partial charge in [-0.25, -0.2) is 4.90 Å². The van der Waals surface area contributed by atoms with Gasteiger partial charge in [0.05, 0.1) is 17.7 Å². The van der Waals surface area contributed by atoms with Gasteiger partial charge >= 0.3 is 0 Å². The Bertz CT molecular complexity index is 961. The number of hydrogen-bond acceptors (Lipinski definition) is 5. The fraction of sp³-hybridized carbons (Fsp3) is 0.0588. The lowest BCUT2D eigenvalue weighted by Gasteiger charge is -2.17. The van der Waals surface area contributed by atoms with Gasteiger partial charge in [-0.1, -0.05) is 23.7 Å². The number of carbonyl (C=O) groups is 1. The molecule has 132 valence electrons. The van der Waals surface area contributed by atoms with Crippen LogP contribution in [-0.4, -0.2) is 23.1 Å². The third-order valence-electron chi connectivity index (χ3n) is 3.69. The number of nitro groups is 1. The maximum atomic E-state index is 12.8. The summed E-state index contributed by atoms with van der Waals surface area (Å²) in [7, 11) is 1.50. The fourth-order valence-electron chi connectivity index (χ4n) is 2.48. The number of thiocarbonyl (C=S) groups is 1. The number of ether oxygens (including phenoxy) is 1. The van der Waals surface area contributed by atoms with Gasteiger partial charge in [-0.05, 0) is 36.5 Å². The zero-order chi connectivity index (χ0) is 18.8. The van der Waals surface area contributed by atoms with E-state index in [-0.39, 0.29) is 21.5 Å². The largest absolute Gasteiger partial charge is 0.495 e. The number of amides is 1. The molecule has 3 rings (SSSR count). The normalized spacial score (nSPS) is 15.3. The van der Waals surface area contributed by atoms with E-state index in [0.717, 1.165) is 0 Å². The standard InChI is InChI=1S/C17H12ClN3O4S/c1-25-15-5-3-2-4-14(15)20-16(22)13(19-17(20)26)9-10-8-11(21(23)24)6-7-12(10)18/h2-9H,1H3,(H,19,26)/b13-9+. The molecular weight excluding hydrogens is 378 g/mol. The van der Waals surface area contributed by atoms with Crippen LogP contribution >= 0.6 is 23.8 Å². The van der Waals surface area contributed by atoms with Crippen LogP contribution in [0.3, 0.4) is 0 Å². The number of para-hydroxylation sites is 2. The molecule has 2 aromatic carbocycles. The number of nitrogens with zero attached hydrogens (tertiary/aromatic N) is 2. The van der Waals surface area contributed by atoms with Gasteiger partial charge in [-0.3, -0.25) is 14.9 Å². The van der Waals surface area contributed by atoms with Crippen LogP contribution in [0.15, 0.2) is 48.2 Å². The van der Waals surface area contributed by atoms with Crippen molar-refractivity contribution in [3.8, 4) is 5.75 Å². The first-order chi connectivity index (χ1) is 12.4. The third kappa shape index (κ3) is 3.24. The van der Waals surface area contributed by atoms with E-state index in [0.29, 0.717) is 17.0 Å². The SMILES string of the molecule is COc1ccccc1N1C(=O)/C(=C\c2cc([N+](=O)[O-])ccc2Cl)NC1=S. The molecule has 1 amide bonds. The number of methoxy groups -OCH3 is 1. The average molecular weight is 390 g/mol. The average Bonchev–Trinajstić information content (AvgIpc) is 2.90. The molecule has 0 bridgehead atoms. The van der Waals surface area contributed by atoms with Gasteiger partial charge in [0, 0.05) is 22.7 Å². The van der Waals surface area contributed by atoms with Gasteiger partial charge in [-0.2, -0.15) is 0 Å². The lowest BCUT2D eigenvalue weighted by Crippen LogP contribution is -2.30. The lowest BCUT2D eigenvalue weighted by atomic mass is 10.1. The van der Waals surface area contributed by atoms with Crippen molar-refractivity contribution in [3.05, 3.63) is 68.9 Å². The van der Waals surface area contributed by atoms with Crippen LogP contribution in [-0.2, 0) is 4.79 Å². The van der Waals surface area contributed by atoms with Crippen molar-refractivity contribution in [3.63, 3.8) is 0 Å². The summed E-state index contributed by atoms with van der Waals surface area (Å²) in [6.07, 6.45) is 1.43. The number of non-ortho nitro benzene ring substituents is 1. The molecule has 0 aliphatic carbocycles. The minimum Gasteiger partial charge on any atom is -0.495 e. The number of rotatable bonds is 4. The summed E-state index contributed by atoms with van der Waals surface area (Å²) in [6.45, 7) is 0. The summed E-state index contributed by atoms with van der Waals surface area (Å²) in [5.74, 6) is 0.0710. The van der Waals surface area contributed by atoms with Crippen molar-refractivity contribution < 1.29 is 14.5 Å². The van der Waals surface area contributed by atoms with Crippen LogP contribution < -0.4 is 15.0 Å². The van der Waals surface area contributed by atoms with E-state index in [2.05, 4.69) is 5.32 Å². The van der Waals surface area contributed by atoms with E-state index >= 15 is 0 Å². The molecule has 0 aromatic heterocycles. The topological polar surface area (TPSA) is 84.7 Å². The molecule has 0 spiro atoms. The number of anilines is 1. The molecule has 1 fully saturated rings. The molecule has 1 heterocycles. The van der Waals surface area contributed by atoms with Crippen molar-refractivity contribution in [2.75, 3.05) is 12.0 Å². The maximum absolute atomic E-state index is 12.8. The zero-order valence-electron chi connectivity index (χ0n) is 13.4. The van der Waals surface area contributed by atoms with E-state index in [1.54, 1.807) is 24.3 Å². The zero-order valence-corrected chi connectivity index (χ0v) is 15.0. The second-order valence-corrected chi connectivity index (χ2v) is 6.06. The number of nitro benzene ring substituents is 1. The van der Waals surface area contributed by atoms with Crippen molar-refractivity contribution in [1.29, 1.82) is 0 Å². The quantitative estimate of drug-likeness (QED) is 0.373. The Morgan fingerprint density at radius 2 is 2.04 bits per heavy atom. The highest BCUT2D eigenvalue weighted by Crippen LogP contribution is 2.32. The van der Waals surface area contributed by atoms with E-state index in [4.69, 9.17) is 28.6 Å². The highest BCUT2D eigenvalue weighted by molar-refractivity contribution is 7.80. The summed E-state index contributed by atoms with van der Waals surface area (Å²) < 4.78 is 5.27. The molecule has 0 saturated carbocycles. The summed E-state index contributed by atoms with van der Waals surface area (Å²) in [5, 5.41) is 14.2. The van der Waals surface area contributed by atoms with Crippen molar-refractivity contribution in [2.45, 2.75) is 0 Å². The molecule has 1 N–H and O–H groups in total.